The van der Waals surface area contributed by atoms with Crippen molar-refractivity contribution < 1.29 is 0 Å². The summed E-state index contributed by atoms with van der Waals surface area (Å²) in [5, 5.41) is 7.41. The van der Waals surface area contributed by atoms with Gasteiger partial charge in [0.25, 0.3) is 0 Å². The monoisotopic (exact) mass is 764 g/mol. The van der Waals surface area contributed by atoms with Gasteiger partial charge in [-0.25, -0.2) is 9.97 Å². The molecule has 3 aromatic heterocycles. The van der Waals surface area contributed by atoms with Crippen LogP contribution in [0.15, 0.2) is 218 Å². The highest BCUT2D eigenvalue weighted by Crippen LogP contribution is 2.37. The van der Waals surface area contributed by atoms with Gasteiger partial charge in [-0.05, 0) is 76.5 Å². The maximum Gasteiger partial charge on any atom is 0.160 e. The van der Waals surface area contributed by atoms with Gasteiger partial charge in [0.15, 0.2) is 5.82 Å². The molecule has 0 radical (unpaired) electrons. The zero-order chi connectivity index (χ0) is 39.6. The highest BCUT2D eigenvalue weighted by atomic mass is 15.0. The molecule has 0 spiro atoms. The van der Waals surface area contributed by atoms with Crippen LogP contribution in [0.4, 0.5) is 0 Å². The van der Waals surface area contributed by atoms with Crippen LogP contribution in [0.1, 0.15) is 0 Å². The van der Waals surface area contributed by atoms with E-state index < -0.39 is 0 Å². The molecule has 0 saturated heterocycles. The first-order valence-corrected chi connectivity index (χ1v) is 20.4. The lowest BCUT2D eigenvalue weighted by Gasteiger charge is -2.14. The minimum absolute atomic E-state index is 0.677. The van der Waals surface area contributed by atoms with Gasteiger partial charge in [0.05, 0.1) is 33.5 Å². The third-order valence-electron chi connectivity index (χ3n) is 11.9. The molecule has 60 heavy (non-hydrogen) atoms. The summed E-state index contributed by atoms with van der Waals surface area (Å²) in [6.45, 7) is 0. The summed E-state index contributed by atoms with van der Waals surface area (Å²) in [4.78, 5) is 10.7. The standard InChI is InChI=1S/C56H36N4/c1-2-20-44-37(14-1)15-13-25-45(44)38-30-32-39(33-31-38)56-57-50(40-16-11-18-42(34-40)59-52-26-7-3-21-46(52)47-22-4-8-27-53(47)59)36-51(58-56)41-17-12-19-43(35-41)60-54-28-9-5-23-48(54)49-24-6-10-29-55(49)60/h1-36H. The summed E-state index contributed by atoms with van der Waals surface area (Å²) in [5.41, 5.74) is 13.9. The van der Waals surface area contributed by atoms with Crippen LogP contribution in [0.2, 0.25) is 0 Å². The molecule has 0 bridgehead atoms. The second kappa shape index (κ2) is 13.8. The number of rotatable bonds is 6. The minimum atomic E-state index is 0.677. The van der Waals surface area contributed by atoms with Gasteiger partial charge < -0.3 is 9.13 Å². The molecule has 0 aliphatic rings. The predicted molar refractivity (Wildman–Crippen MR) is 250 cm³/mol. The largest absolute Gasteiger partial charge is 0.309 e. The molecule has 0 aliphatic carbocycles. The number of hydrogen-bond donors (Lipinski definition) is 0. The van der Waals surface area contributed by atoms with Gasteiger partial charge in [-0.2, -0.15) is 0 Å². The summed E-state index contributed by atoms with van der Waals surface area (Å²) in [7, 11) is 0. The average molecular weight is 765 g/mol. The molecule has 12 rings (SSSR count). The molecular weight excluding hydrogens is 729 g/mol. The number of nitrogens with zero attached hydrogens (tertiary/aromatic N) is 4. The Hall–Kier alpha value is -8.08. The Bertz CT molecular complexity index is 3320. The zero-order valence-electron chi connectivity index (χ0n) is 32.6. The molecule has 0 N–H and O–H groups in total. The van der Waals surface area contributed by atoms with Crippen LogP contribution >= 0.6 is 0 Å². The van der Waals surface area contributed by atoms with E-state index >= 15 is 0 Å². The van der Waals surface area contributed by atoms with Crippen LogP contribution < -0.4 is 0 Å². The van der Waals surface area contributed by atoms with Gasteiger partial charge in [-0.3, -0.25) is 0 Å². The molecular formula is C56H36N4. The summed E-state index contributed by atoms with van der Waals surface area (Å²) in [6.07, 6.45) is 0. The lowest BCUT2D eigenvalue weighted by Crippen LogP contribution is -1.99. The Morgan fingerprint density at radius 1 is 0.283 bits per heavy atom. The van der Waals surface area contributed by atoms with Crippen molar-refractivity contribution in [2.75, 3.05) is 0 Å². The van der Waals surface area contributed by atoms with Gasteiger partial charge in [0.1, 0.15) is 0 Å². The summed E-state index contributed by atoms with van der Waals surface area (Å²) < 4.78 is 4.72. The summed E-state index contributed by atoms with van der Waals surface area (Å²) >= 11 is 0. The van der Waals surface area contributed by atoms with Crippen LogP contribution in [0.25, 0.3) is 111 Å². The molecule has 3 heterocycles. The van der Waals surface area contributed by atoms with Crippen LogP contribution in [0.5, 0.6) is 0 Å². The van der Waals surface area contributed by atoms with E-state index in [-0.39, 0.29) is 0 Å². The van der Waals surface area contributed by atoms with E-state index in [0.29, 0.717) is 5.82 Å². The van der Waals surface area contributed by atoms with E-state index in [1.165, 1.54) is 59.9 Å². The number of benzene rings is 9. The average Bonchev–Trinajstić information content (AvgIpc) is 3.85. The molecule has 0 unspecified atom stereocenters. The van der Waals surface area contributed by atoms with Crippen molar-refractivity contribution in [3.8, 4) is 56.4 Å². The molecule has 0 fully saturated rings. The van der Waals surface area contributed by atoms with Gasteiger partial charge in [-0.15, -0.1) is 0 Å². The van der Waals surface area contributed by atoms with Crippen molar-refractivity contribution in [2.24, 2.45) is 0 Å². The normalized spacial score (nSPS) is 11.7. The Balaban J connectivity index is 1.03. The van der Waals surface area contributed by atoms with Crippen molar-refractivity contribution in [3.05, 3.63) is 218 Å². The topological polar surface area (TPSA) is 35.6 Å². The van der Waals surface area contributed by atoms with Gasteiger partial charge in [-0.1, -0.05) is 164 Å². The number of fused-ring (bicyclic) bond motifs is 7. The third kappa shape index (κ3) is 5.53. The fourth-order valence-corrected chi connectivity index (χ4v) is 9.16. The molecule has 280 valence electrons. The Morgan fingerprint density at radius 2 is 0.683 bits per heavy atom. The van der Waals surface area contributed by atoms with Crippen LogP contribution in [-0.4, -0.2) is 19.1 Å². The zero-order valence-corrected chi connectivity index (χ0v) is 32.6. The van der Waals surface area contributed by atoms with Crippen molar-refractivity contribution in [3.63, 3.8) is 0 Å². The molecule has 0 amide bonds. The number of hydrogen-bond acceptors (Lipinski definition) is 2. The fourth-order valence-electron chi connectivity index (χ4n) is 9.16. The SMILES string of the molecule is c1cc(-c2cc(-c3cccc(-n4c5ccccc5c5ccccc54)c3)nc(-c3ccc(-c4cccc5ccccc45)cc3)n2)cc(-n2c3ccccc3c3ccccc32)c1. The summed E-state index contributed by atoms with van der Waals surface area (Å²) in [6, 6.07) is 77.9. The Labute approximate surface area is 346 Å². The van der Waals surface area contributed by atoms with E-state index in [9.17, 15) is 0 Å². The Morgan fingerprint density at radius 3 is 1.18 bits per heavy atom. The van der Waals surface area contributed by atoms with E-state index in [2.05, 4.69) is 228 Å². The van der Waals surface area contributed by atoms with E-state index in [1.807, 2.05) is 0 Å². The lowest BCUT2D eigenvalue weighted by molar-refractivity contribution is 1.16. The first-order valence-electron chi connectivity index (χ1n) is 20.4. The molecule has 4 nitrogen and oxygen atoms in total. The lowest BCUT2D eigenvalue weighted by atomic mass is 9.97. The summed E-state index contributed by atoms with van der Waals surface area (Å²) in [5.74, 6) is 0.677. The maximum atomic E-state index is 5.33. The minimum Gasteiger partial charge on any atom is -0.309 e. The van der Waals surface area contributed by atoms with Crippen molar-refractivity contribution >= 4 is 54.4 Å². The second-order valence-electron chi connectivity index (χ2n) is 15.4. The molecule has 12 aromatic rings. The van der Waals surface area contributed by atoms with E-state index in [1.54, 1.807) is 0 Å². The third-order valence-corrected chi connectivity index (χ3v) is 11.9. The van der Waals surface area contributed by atoms with E-state index in [4.69, 9.17) is 9.97 Å². The molecule has 0 saturated carbocycles. The van der Waals surface area contributed by atoms with Gasteiger partial charge in [0, 0.05) is 49.6 Å². The van der Waals surface area contributed by atoms with Crippen molar-refractivity contribution in [2.45, 2.75) is 0 Å². The number of para-hydroxylation sites is 4. The highest BCUT2D eigenvalue weighted by Gasteiger charge is 2.17. The fraction of sp³-hybridized carbons (Fsp3) is 0. The molecule has 0 atom stereocenters. The molecule has 9 aromatic carbocycles. The van der Waals surface area contributed by atoms with Gasteiger partial charge >= 0.3 is 0 Å². The molecule has 4 heteroatoms. The maximum absolute atomic E-state index is 5.33. The Kier molecular flexibility index (Phi) is 7.82. The highest BCUT2D eigenvalue weighted by molar-refractivity contribution is 6.10. The first kappa shape index (κ1) is 34.0. The predicted octanol–water partition coefficient (Wildman–Crippen LogP) is 14.5. The number of aromatic nitrogens is 4. The van der Waals surface area contributed by atoms with Crippen LogP contribution in [0.3, 0.4) is 0 Å². The van der Waals surface area contributed by atoms with Gasteiger partial charge in [0.2, 0.25) is 0 Å². The van der Waals surface area contributed by atoms with Crippen LogP contribution in [-0.2, 0) is 0 Å². The molecule has 0 aliphatic heterocycles. The van der Waals surface area contributed by atoms with E-state index in [0.717, 1.165) is 45.0 Å². The second-order valence-corrected chi connectivity index (χ2v) is 15.4. The van der Waals surface area contributed by atoms with Crippen molar-refractivity contribution in [1.29, 1.82) is 0 Å². The first-order chi connectivity index (χ1) is 29.7. The smallest absolute Gasteiger partial charge is 0.160 e. The van der Waals surface area contributed by atoms with Crippen LogP contribution in [0, 0.1) is 0 Å². The van der Waals surface area contributed by atoms with Crippen molar-refractivity contribution in [1.82, 2.24) is 19.1 Å². The quantitative estimate of drug-likeness (QED) is 0.169.